The minimum Gasteiger partial charge on any atom is -0.381 e. The number of rotatable bonds is 4. The largest absolute Gasteiger partial charge is 0.381 e. The molecule has 0 fully saturated rings. The van der Waals surface area contributed by atoms with Gasteiger partial charge in [-0.2, -0.15) is 5.10 Å². The van der Waals surface area contributed by atoms with E-state index in [2.05, 4.69) is 32.3 Å². The van der Waals surface area contributed by atoms with Gasteiger partial charge in [0.1, 0.15) is 5.56 Å². The second-order valence-corrected chi connectivity index (χ2v) is 9.31. The maximum atomic E-state index is 14.2. The number of carbonyl (C=O) groups excluding carboxylic acids is 1. The van der Waals surface area contributed by atoms with Crippen molar-refractivity contribution in [2.45, 2.75) is 13.0 Å². The van der Waals surface area contributed by atoms with Crippen LogP contribution in [0, 0.1) is 11.8 Å². The van der Waals surface area contributed by atoms with Crippen molar-refractivity contribution in [3.8, 4) is 17.5 Å². The zero-order valence-corrected chi connectivity index (χ0v) is 21.7. The highest BCUT2D eigenvalue weighted by Gasteiger charge is 2.23. The van der Waals surface area contributed by atoms with Gasteiger partial charge in [-0.3, -0.25) is 18.8 Å². The molecule has 0 aliphatic carbocycles. The lowest BCUT2D eigenvalue weighted by Gasteiger charge is -2.21. The van der Waals surface area contributed by atoms with Crippen molar-refractivity contribution in [3.63, 3.8) is 0 Å². The average Bonchev–Trinajstić information content (AvgIpc) is 3.53. The molecule has 2 aromatic carbocycles. The molecular weight excluding hydrogens is 504 g/mol. The number of hydrogen-bond acceptors (Lipinski definition) is 6. The van der Waals surface area contributed by atoms with Crippen LogP contribution in [0.3, 0.4) is 0 Å². The third-order valence-corrected chi connectivity index (χ3v) is 6.58. The van der Waals surface area contributed by atoms with Gasteiger partial charge in [0.25, 0.3) is 11.5 Å². The van der Waals surface area contributed by atoms with Gasteiger partial charge in [-0.1, -0.05) is 42.2 Å². The number of amides is 1. The first kappa shape index (κ1) is 24.6. The molecule has 1 unspecified atom stereocenters. The fraction of sp³-hybridized carbons (Fsp3) is 0.100. The minimum absolute atomic E-state index is 0.0687. The van der Waals surface area contributed by atoms with Gasteiger partial charge in [-0.25, -0.2) is 9.50 Å². The van der Waals surface area contributed by atoms with E-state index < -0.39 is 11.9 Å². The molecule has 4 aromatic heterocycles. The van der Waals surface area contributed by atoms with E-state index in [-0.39, 0.29) is 16.9 Å². The van der Waals surface area contributed by atoms with Crippen molar-refractivity contribution >= 4 is 28.1 Å². The predicted molar refractivity (Wildman–Crippen MR) is 152 cm³/mol. The van der Waals surface area contributed by atoms with Gasteiger partial charge in [-0.05, 0) is 42.6 Å². The van der Waals surface area contributed by atoms with Crippen LogP contribution in [0.25, 0.3) is 22.1 Å². The summed E-state index contributed by atoms with van der Waals surface area (Å²) >= 11 is 0. The predicted octanol–water partition coefficient (Wildman–Crippen LogP) is 3.24. The summed E-state index contributed by atoms with van der Waals surface area (Å²) in [7, 11) is 1.82. The number of nitrogens with one attached hydrogen (secondary N) is 1. The number of fused-ring (bicyclic) bond motifs is 2. The van der Waals surface area contributed by atoms with Gasteiger partial charge in [0.2, 0.25) is 0 Å². The van der Waals surface area contributed by atoms with E-state index in [1.54, 1.807) is 33.9 Å². The van der Waals surface area contributed by atoms with Crippen molar-refractivity contribution in [1.29, 1.82) is 0 Å². The van der Waals surface area contributed by atoms with E-state index in [9.17, 15) is 9.59 Å². The molecule has 10 nitrogen and oxygen atoms in total. The zero-order chi connectivity index (χ0) is 27.8. The highest BCUT2D eigenvalue weighted by molar-refractivity contribution is 6.04. The van der Waals surface area contributed by atoms with Crippen LogP contribution < -0.4 is 16.6 Å². The Labute approximate surface area is 228 Å². The SMILES string of the molecule is CC(NC(=O)c1c(N)nn2cccnc12)c1cc2cccc(C#Cc3cnn(C)c3)c2c(=O)n1-c1ccccc1. The number of para-hydroxylation sites is 1. The maximum Gasteiger partial charge on any atom is 0.264 e. The van der Waals surface area contributed by atoms with Gasteiger partial charge < -0.3 is 11.1 Å². The summed E-state index contributed by atoms with van der Waals surface area (Å²) in [6, 6.07) is 17.9. The fourth-order valence-corrected chi connectivity index (χ4v) is 4.74. The number of hydrogen-bond donors (Lipinski definition) is 2. The molecule has 0 spiro atoms. The normalized spacial score (nSPS) is 11.8. The highest BCUT2D eigenvalue weighted by Crippen LogP contribution is 2.24. The van der Waals surface area contributed by atoms with E-state index in [0.717, 1.165) is 5.56 Å². The van der Waals surface area contributed by atoms with Gasteiger partial charge in [0.15, 0.2) is 11.5 Å². The summed E-state index contributed by atoms with van der Waals surface area (Å²) in [5.74, 6) is 5.86. The molecule has 10 heteroatoms. The topological polar surface area (TPSA) is 125 Å². The number of anilines is 1. The first-order valence-electron chi connectivity index (χ1n) is 12.5. The fourth-order valence-electron chi connectivity index (χ4n) is 4.74. The molecular formula is C30H24N8O2. The van der Waals surface area contributed by atoms with E-state index >= 15 is 0 Å². The third kappa shape index (κ3) is 4.35. The van der Waals surface area contributed by atoms with Crippen LogP contribution in [0.15, 0.2) is 90.2 Å². The van der Waals surface area contributed by atoms with Crippen molar-refractivity contribution in [2.24, 2.45) is 7.05 Å². The van der Waals surface area contributed by atoms with Crippen molar-refractivity contribution < 1.29 is 4.79 Å². The minimum atomic E-state index is -0.576. The first-order valence-corrected chi connectivity index (χ1v) is 12.5. The second kappa shape index (κ2) is 9.89. The third-order valence-electron chi connectivity index (χ3n) is 6.58. The van der Waals surface area contributed by atoms with Gasteiger partial charge in [0, 0.05) is 42.6 Å². The van der Waals surface area contributed by atoms with Crippen molar-refractivity contribution in [2.75, 3.05) is 5.73 Å². The number of carbonyl (C=O) groups is 1. The van der Waals surface area contributed by atoms with Crippen LogP contribution in [-0.2, 0) is 7.05 Å². The van der Waals surface area contributed by atoms with E-state index in [0.29, 0.717) is 33.4 Å². The molecule has 6 aromatic rings. The Morgan fingerprint density at radius 3 is 2.67 bits per heavy atom. The van der Waals surface area contributed by atoms with E-state index in [4.69, 9.17) is 5.73 Å². The van der Waals surface area contributed by atoms with Crippen molar-refractivity contribution in [3.05, 3.63) is 118 Å². The van der Waals surface area contributed by atoms with Crippen LogP contribution in [0.2, 0.25) is 0 Å². The van der Waals surface area contributed by atoms with E-state index in [1.165, 1.54) is 4.52 Å². The van der Waals surface area contributed by atoms with Gasteiger partial charge >= 0.3 is 0 Å². The number of nitrogens with zero attached hydrogens (tertiary/aromatic N) is 6. The Morgan fingerprint density at radius 1 is 1.07 bits per heavy atom. The number of nitrogens with two attached hydrogens (primary N) is 1. The van der Waals surface area contributed by atoms with Gasteiger partial charge in [-0.15, -0.1) is 5.10 Å². The summed E-state index contributed by atoms with van der Waals surface area (Å²) in [6.45, 7) is 1.82. The Kier molecular flexibility index (Phi) is 6.09. The van der Waals surface area contributed by atoms with Crippen LogP contribution in [0.4, 0.5) is 5.82 Å². The molecule has 0 saturated heterocycles. The summed E-state index contributed by atoms with van der Waals surface area (Å²) in [5, 5.41) is 12.5. The molecule has 1 amide bonds. The molecule has 1 atom stereocenters. The Morgan fingerprint density at radius 2 is 1.90 bits per heavy atom. The van der Waals surface area contributed by atoms with Gasteiger partial charge in [0.05, 0.1) is 23.2 Å². The summed E-state index contributed by atoms with van der Waals surface area (Å²) in [5.41, 5.74) is 8.96. The zero-order valence-electron chi connectivity index (χ0n) is 21.7. The highest BCUT2D eigenvalue weighted by atomic mass is 16.2. The molecule has 0 aliphatic rings. The average molecular weight is 529 g/mol. The van der Waals surface area contributed by atoms with E-state index in [1.807, 2.05) is 74.8 Å². The first-order chi connectivity index (χ1) is 19.4. The van der Waals surface area contributed by atoms with Crippen LogP contribution in [0.1, 0.15) is 40.1 Å². The molecule has 0 bridgehead atoms. The maximum absolute atomic E-state index is 14.2. The lowest BCUT2D eigenvalue weighted by Crippen LogP contribution is -2.32. The molecule has 40 heavy (non-hydrogen) atoms. The number of pyridine rings is 1. The van der Waals surface area contributed by atoms with Crippen LogP contribution in [0.5, 0.6) is 0 Å². The smallest absolute Gasteiger partial charge is 0.264 e. The number of benzene rings is 2. The lowest BCUT2D eigenvalue weighted by molar-refractivity contribution is 0.0941. The second-order valence-electron chi connectivity index (χ2n) is 9.31. The molecule has 0 aliphatic heterocycles. The Bertz CT molecular complexity index is 2030. The standard InChI is InChI=1S/C30H24N8O2/c1-19(34-29(39)26-27(31)35-37-15-7-14-32-28(26)37)24-16-22-9-6-8-21(13-12-20-17-33-36(2)18-20)25(22)30(40)38(24)23-10-4-3-5-11-23/h3-11,14-19H,1-2H3,(H2,31,35)(H,34,39). The van der Waals surface area contributed by atoms with Crippen LogP contribution >= 0.6 is 0 Å². The molecule has 0 radical (unpaired) electrons. The molecule has 6 rings (SSSR count). The molecule has 196 valence electrons. The summed E-state index contributed by atoms with van der Waals surface area (Å²) < 4.78 is 4.74. The summed E-state index contributed by atoms with van der Waals surface area (Å²) in [4.78, 5) is 31.8. The lowest BCUT2D eigenvalue weighted by atomic mass is 10.0. The quantitative estimate of drug-likeness (QED) is 0.339. The molecule has 4 heterocycles. The Balaban J connectivity index is 1.48. The van der Waals surface area contributed by atoms with Crippen LogP contribution in [-0.4, -0.2) is 34.9 Å². The molecule has 3 N–H and O–H groups in total. The monoisotopic (exact) mass is 528 g/mol. The number of nitrogen functional groups attached to an aromatic ring is 1. The van der Waals surface area contributed by atoms with Crippen molar-refractivity contribution in [1.82, 2.24) is 34.3 Å². The number of aromatic nitrogens is 6. The summed E-state index contributed by atoms with van der Waals surface area (Å²) in [6.07, 6.45) is 6.73. The Hall–Kier alpha value is -5.69. The molecule has 0 saturated carbocycles. The number of aryl methyl sites for hydroxylation is 1.